The Hall–Kier alpha value is -1.56. The highest BCUT2D eigenvalue weighted by Gasteiger charge is 2.26. The highest BCUT2D eigenvalue weighted by Crippen LogP contribution is 2.20. The number of carbonyl (C=O) groups is 1. The van der Waals surface area contributed by atoms with Crippen LogP contribution in [0.1, 0.15) is 50.9 Å². The fourth-order valence-electron chi connectivity index (χ4n) is 2.22. The van der Waals surface area contributed by atoms with E-state index < -0.39 is 57.5 Å². The molecule has 0 atom stereocenters. The van der Waals surface area contributed by atoms with Gasteiger partial charge in [0.05, 0.1) is 24.3 Å². The zero-order valence-electron chi connectivity index (χ0n) is 16.8. The average Bonchev–Trinajstić information content (AvgIpc) is 2.63. The van der Waals surface area contributed by atoms with Gasteiger partial charge in [0, 0.05) is 0 Å². The monoisotopic (exact) mass is 443 g/mol. The number of carbonyl (C=O) groups excluding carboxylic acids is 1. The molecule has 166 valence electrons. The van der Waals surface area contributed by atoms with Crippen LogP contribution in [-0.4, -0.2) is 46.0 Å². The number of amides is 1. The van der Waals surface area contributed by atoms with E-state index in [9.17, 15) is 26.8 Å². The van der Waals surface area contributed by atoms with Crippen LogP contribution in [0.3, 0.4) is 0 Å². The molecule has 0 unspecified atom stereocenters. The molecule has 1 aromatic rings. The number of ether oxygens (including phenoxy) is 2. The van der Waals surface area contributed by atoms with E-state index in [4.69, 9.17) is 13.9 Å². The van der Waals surface area contributed by atoms with Gasteiger partial charge in [0.2, 0.25) is 0 Å². The summed E-state index contributed by atoms with van der Waals surface area (Å²) in [7, 11) is -1.04. The van der Waals surface area contributed by atoms with Crippen molar-refractivity contribution in [1.29, 1.82) is 0 Å². The van der Waals surface area contributed by atoms with Crippen molar-refractivity contribution in [3.05, 3.63) is 34.9 Å². The molecule has 5 nitrogen and oxygen atoms in total. The minimum Gasteiger partial charge on any atom is -0.379 e. The highest BCUT2D eigenvalue weighted by molar-refractivity contribution is 6.27. The summed E-state index contributed by atoms with van der Waals surface area (Å²) in [5.74, 6) is -9.50. The lowest BCUT2D eigenvalue weighted by molar-refractivity contribution is -0.275. The summed E-state index contributed by atoms with van der Waals surface area (Å²) < 4.78 is 83.2. The molecule has 0 aliphatic carbocycles. The summed E-state index contributed by atoms with van der Waals surface area (Å²) in [4.78, 5) is 11.8. The lowest BCUT2D eigenvalue weighted by Gasteiger charge is -2.23. The number of halogens is 5. The van der Waals surface area contributed by atoms with Gasteiger partial charge in [0.25, 0.3) is 12.4 Å². The van der Waals surface area contributed by atoms with E-state index in [1.165, 1.54) is 0 Å². The molecule has 1 amide bonds. The van der Waals surface area contributed by atoms with Crippen LogP contribution in [0.2, 0.25) is 6.04 Å². The Labute approximate surface area is 169 Å². The second-order valence-corrected chi connectivity index (χ2v) is 8.28. The number of benzene rings is 1. The van der Waals surface area contributed by atoms with E-state index in [0.29, 0.717) is 12.5 Å². The van der Waals surface area contributed by atoms with Crippen LogP contribution in [-0.2, 0) is 13.9 Å². The number of hydrogen-bond donors (Lipinski definition) is 0. The molecule has 0 spiro atoms. The van der Waals surface area contributed by atoms with Crippen molar-refractivity contribution in [2.45, 2.75) is 65.3 Å². The first-order valence-electron chi connectivity index (χ1n) is 9.27. The van der Waals surface area contributed by atoms with Gasteiger partial charge < -0.3 is 13.9 Å². The molecule has 0 saturated carbocycles. The summed E-state index contributed by atoms with van der Waals surface area (Å²) in [6, 6.07) is 0.766. The molecular formula is C18H26F5NO4Si. The van der Waals surface area contributed by atoms with Crippen LogP contribution in [0, 0.1) is 23.3 Å². The molecule has 29 heavy (non-hydrogen) atoms. The second kappa shape index (κ2) is 12.2. The zero-order chi connectivity index (χ0) is 22.1. The Morgan fingerprint density at radius 2 is 1.59 bits per heavy atom. The average molecular weight is 443 g/mol. The summed E-state index contributed by atoms with van der Waals surface area (Å²) in [6.07, 6.45) is 0.554. The Balaban J connectivity index is 2.42. The van der Waals surface area contributed by atoms with Gasteiger partial charge in [-0.15, -0.1) is 0 Å². The highest BCUT2D eigenvalue weighted by atomic mass is 28.2. The fourth-order valence-corrected chi connectivity index (χ4v) is 3.30. The van der Waals surface area contributed by atoms with Crippen molar-refractivity contribution in [3.63, 3.8) is 0 Å². The number of rotatable bonds is 12. The smallest absolute Gasteiger partial charge is 0.284 e. The van der Waals surface area contributed by atoms with Crippen LogP contribution in [0.5, 0.6) is 0 Å². The maximum absolute atomic E-state index is 13.9. The van der Waals surface area contributed by atoms with Crippen LogP contribution in [0.15, 0.2) is 6.07 Å². The largest absolute Gasteiger partial charge is 0.379 e. The molecule has 0 aromatic heterocycles. The maximum atomic E-state index is 13.9. The minimum atomic E-state index is -2.16. The standard InChI is InChI=1S/C18H26F5NO4Si/c1-10(2)26-18(27-11(3)4)28-29-8-6-5-7-24(23)17(25)12-9-13(19)15(21)16(22)14(12)20/h9-11,18H,5-8,29H2,1-4H3. The SMILES string of the molecule is CC(C)OC(O[SiH2]CCCCN(F)C(=O)c1cc(F)c(F)c(F)c1F)OC(C)C. The molecule has 1 aromatic carbocycles. The van der Waals surface area contributed by atoms with Gasteiger partial charge >= 0.3 is 0 Å². The van der Waals surface area contributed by atoms with Crippen LogP contribution < -0.4 is 0 Å². The molecule has 0 aliphatic rings. The third kappa shape index (κ3) is 8.37. The van der Waals surface area contributed by atoms with Crippen LogP contribution in [0.4, 0.5) is 22.0 Å². The van der Waals surface area contributed by atoms with Gasteiger partial charge in [0.15, 0.2) is 33.0 Å². The molecule has 0 bridgehead atoms. The fraction of sp³-hybridized carbons (Fsp3) is 0.611. The lowest BCUT2D eigenvalue weighted by atomic mass is 10.1. The molecule has 1 rings (SSSR count). The van der Waals surface area contributed by atoms with Crippen molar-refractivity contribution in [3.8, 4) is 0 Å². The van der Waals surface area contributed by atoms with Gasteiger partial charge in [-0.05, 0) is 46.2 Å². The third-order valence-electron chi connectivity index (χ3n) is 3.57. The quantitative estimate of drug-likeness (QED) is 0.0932. The van der Waals surface area contributed by atoms with Crippen molar-refractivity contribution in [2.75, 3.05) is 6.54 Å². The molecule has 0 heterocycles. The van der Waals surface area contributed by atoms with Gasteiger partial charge in [0.1, 0.15) is 0 Å². The predicted octanol–water partition coefficient (Wildman–Crippen LogP) is 4.00. The van der Waals surface area contributed by atoms with Crippen molar-refractivity contribution in [2.24, 2.45) is 0 Å². The summed E-state index contributed by atoms with van der Waals surface area (Å²) in [5, 5.41) is -0.357. The zero-order valence-corrected chi connectivity index (χ0v) is 18.2. The first-order valence-corrected chi connectivity index (χ1v) is 10.9. The Morgan fingerprint density at radius 3 is 2.14 bits per heavy atom. The van der Waals surface area contributed by atoms with Crippen molar-refractivity contribution < 1.29 is 40.7 Å². The van der Waals surface area contributed by atoms with E-state index in [0.717, 1.165) is 0 Å². The van der Waals surface area contributed by atoms with E-state index in [2.05, 4.69) is 0 Å². The molecule has 0 fully saturated rings. The maximum Gasteiger partial charge on any atom is 0.284 e. The van der Waals surface area contributed by atoms with Gasteiger partial charge in [-0.1, -0.05) is 10.9 Å². The Bertz CT molecular complexity index is 668. The van der Waals surface area contributed by atoms with Gasteiger partial charge in [-0.3, -0.25) is 4.79 Å². The third-order valence-corrected chi connectivity index (χ3v) is 4.87. The first kappa shape index (κ1) is 25.5. The normalized spacial score (nSPS) is 12.1. The van der Waals surface area contributed by atoms with Gasteiger partial charge in [-0.2, -0.15) is 5.12 Å². The van der Waals surface area contributed by atoms with E-state index >= 15 is 0 Å². The topological polar surface area (TPSA) is 48.0 Å². The minimum absolute atomic E-state index is 0.0830. The molecule has 0 radical (unpaired) electrons. The Kier molecular flexibility index (Phi) is 10.7. The molecule has 11 heteroatoms. The number of hydrogen-bond acceptors (Lipinski definition) is 4. The number of nitrogens with zero attached hydrogens (tertiary/aromatic N) is 1. The van der Waals surface area contributed by atoms with Crippen LogP contribution in [0.25, 0.3) is 0 Å². The van der Waals surface area contributed by atoms with E-state index in [-0.39, 0.29) is 29.8 Å². The van der Waals surface area contributed by atoms with E-state index in [1.54, 1.807) is 0 Å². The molecule has 0 saturated heterocycles. The predicted molar refractivity (Wildman–Crippen MR) is 98.3 cm³/mol. The first-order chi connectivity index (χ1) is 13.5. The summed E-state index contributed by atoms with van der Waals surface area (Å²) in [5.41, 5.74) is -1.21. The van der Waals surface area contributed by atoms with Crippen molar-refractivity contribution in [1.82, 2.24) is 5.12 Å². The Morgan fingerprint density at radius 1 is 1.00 bits per heavy atom. The van der Waals surface area contributed by atoms with Crippen molar-refractivity contribution >= 4 is 15.7 Å². The summed E-state index contributed by atoms with van der Waals surface area (Å²) in [6.45, 7) is 6.19. The van der Waals surface area contributed by atoms with E-state index in [1.807, 2.05) is 27.7 Å². The van der Waals surface area contributed by atoms with Crippen LogP contribution >= 0.6 is 0 Å². The second-order valence-electron chi connectivity index (χ2n) is 6.83. The molecular weight excluding hydrogens is 417 g/mol. The number of unbranched alkanes of at least 4 members (excludes halogenated alkanes) is 1. The summed E-state index contributed by atoms with van der Waals surface area (Å²) >= 11 is 0. The lowest BCUT2D eigenvalue weighted by Crippen LogP contribution is -2.28. The molecule has 0 N–H and O–H groups in total. The molecule has 0 aliphatic heterocycles. The van der Waals surface area contributed by atoms with Gasteiger partial charge in [-0.25, -0.2) is 17.6 Å².